The Labute approximate surface area is 108 Å². The molecular weight excluding hydrogens is 258 g/mol. The van der Waals surface area contributed by atoms with Crippen LogP contribution >= 0.6 is 11.6 Å². The van der Waals surface area contributed by atoms with Gasteiger partial charge in [-0.3, -0.25) is 0 Å². The summed E-state index contributed by atoms with van der Waals surface area (Å²) in [6.07, 6.45) is 0. The fourth-order valence-corrected chi connectivity index (χ4v) is 1.85. The number of ether oxygens (including phenoxy) is 2. The molecule has 1 aromatic carbocycles. The molecule has 6 heteroatoms. The minimum absolute atomic E-state index is 0.0560. The van der Waals surface area contributed by atoms with Gasteiger partial charge in [-0.15, -0.1) is 0 Å². The van der Waals surface area contributed by atoms with Crippen LogP contribution in [0.5, 0.6) is 11.5 Å². The van der Waals surface area contributed by atoms with Gasteiger partial charge < -0.3 is 14.6 Å². The average molecular weight is 268 g/mol. The van der Waals surface area contributed by atoms with Crippen molar-refractivity contribution in [2.24, 2.45) is 0 Å². The molecule has 1 aromatic heterocycles. The molecule has 94 valence electrons. The van der Waals surface area contributed by atoms with E-state index in [1.807, 2.05) is 0 Å². The van der Waals surface area contributed by atoms with Crippen molar-refractivity contribution >= 4 is 28.5 Å². The normalized spacial score (nSPS) is 10.4. The number of hydrogen-bond acceptors (Lipinski definition) is 4. The van der Waals surface area contributed by atoms with Gasteiger partial charge in [0, 0.05) is 11.5 Å². The third kappa shape index (κ3) is 2.04. The Morgan fingerprint density at radius 1 is 1.28 bits per heavy atom. The molecule has 2 aromatic rings. The van der Waals surface area contributed by atoms with Gasteiger partial charge in [0.15, 0.2) is 0 Å². The first-order valence-electron chi connectivity index (χ1n) is 5.02. The Morgan fingerprint density at radius 3 is 2.56 bits per heavy atom. The number of hydrogen-bond donors (Lipinski definition) is 1. The van der Waals surface area contributed by atoms with Crippen molar-refractivity contribution in [3.63, 3.8) is 0 Å². The van der Waals surface area contributed by atoms with Crippen LogP contribution in [0.1, 0.15) is 10.4 Å². The lowest BCUT2D eigenvalue weighted by atomic mass is 10.1. The number of aromatic carboxylic acids is 1. The van der Waals surface area contributed by atoms with E-state index in [2.05, 4.69) is 4.98 Å². The molecule has 0 aliphatic rings. The van der Waals surface area contributed by atoms with E-state index in [9.17, 15) is 4.79 Å². The summed E-state index contributed by atoms with van der Waals surface area (Å²) in [6, 6.07) is 4.78. The molecule has 2 rings (SSSR count). The molecule has 0 fully saturated rings. The van der Waals surface area contributed by atoms with E-state index in [1.165, 1.54) is 20.3 Å². The van der Waals surface area contributed by atoms with Gasteiger partial charge in [-0.25, -0.2) is 9.78 Å². The van der Waals surface area contributed by atoms with Crippen LogP contribution in [0.2, 0.25) is 5.15 Å². The van der Waals surface area contributed by atoms with Crippen LogP contribution in [0.15, 0.2) is 18.2 Å². The number of nitrogens with zero attached hydrogens (tertiary/aromatic N) is 1. The first kappa shape index (κ1) is 12.4. The van der Waals surface area contributed by atoms with E-state index in [1.54, 1.807) is 12.1 Å². The summed E-state index contributed by atoms with van der Waals surface area (Å²) >= 11 is 5.82. The number of pyridine rings is 1. The highest BCUT2D eigenvalue weighted by Crippen LogP contribution is 2.32. The standard InChI is InChI=1S/C12H10ClNO4/c1-17-7-3-6-4-8(12(15)16)11(13)14-10(6)9(5-7)18-2/h3-5H,1-2H3,(H,15,16). The maximum Gasteiger partial charge on any atom is 0.338 e. The summed E-state index contributed by atoms with van der Waals surface area (Å²) in [5.41, 5.74) is 0.438. The SMILES string of the molecule is COc1cc(OC)c2nc(Cl)c(C(=O)O)cc2c1. The molecular formula is C12H10ClNO4. The minimum Gasteiger partial charge on any atom is -0.497 e. The van der Waals surface area contributed by atoms with Crippen LogP contribution in [-0.2, 0) is 0 Å². The fourth-order valence-electron chi connectivity index (χ4n) is 1.63. The average Bonchev–Trinajstić information content (AvgIpc) is 2.36. The number of carboxylic acid groups (broad SMARTS) is 1. The van der Waals surface area contributed by atoms with E-state index < -0.39 is 5.97 Å². The van der Waals surface area contributed by atoms with Gasteiger partial charge >= 0.3 is 5.97 Å². The minimum atomic E-state index is -1.13. The van der Waals surface area contributed by atoms with Crippen molar-refractivity contribution in [1.29, 1.82) is 0 Å². The van der Waals surface area contributed by atoms with Gasteiger partial charge in [0.2, 0.25) is 0 Å². The molecule has 0 atom stereocenters. The zero-order valence-electron chi connectivity index (χ0n) is 9.73. The second kappa shape index (κ2) is 4.70. The van der Waals surface area contributed by atoms with Crippen molar-refractivity contribution in [3.05, 3.63) is 28.9 Å². The Hall–Kier alpha value is -2.01. The number of halogens is 1. The molecule has 0 saturated heterocycles. The third-order valence-corrected chi connectivity index (χ3v) is 2.78. The molecule has 0 amide bonds. The lowest BCUT2D eigenvalue weighted by Crippen LogP contribution is -2.00. The highest BCUT2D eigenvalue weighted by Gasteiger charge is 2.15. The molecule has 0 aliphatic heterocycles. The zero-order chi connectivity index (χ0) is 13.3. The monoisotopic (exact) mass is 267 g/mol. The van der Waals surface area contributed by atoms with E-state index in [0.29, 0.717) is 22.4 Å². The predicted molar refractivity (Wildman–Crippen MR) is 66.8 cm³/mol. The Bertz CT molecular complexity index is 627. The van der Waals surface area contributed by atoms with Crippen LogP contribution in [0, 0.1) is 0 Å². The van der Waals surface area contributed by atoms with Crippen LogP contribution < -0.4 is 9.47 Å². The van der Waals surface area contributed by atoms with Gasteiger partial charge in [-0.1, -0.05) is 11.6 Å². The van der Waals surface area contributed by atoms with Gasteiger partial charge in [0.1, 0.15) is 22.2 Å². The number of carboxylic acids is 1. The van der Waals surface area contributed by atoms with Crippen LogP contribution in [0.4, 0.5) is 0 Å². The van der Waals surface area contributed by atoms with E-state index in [0.717, 1.165) is 0 Å². The highest BCUT2D eigenvalue weighted by molar-refractivity contribution is 6.32. The first-order valence-corrected chi connectivity index (χ1v) is 5.40. The second-order valence-electron chi connectivity index (χ2n) is 3.53. The van der Waals surface area contributed by atoms with Gasteiger partial charge in [-0.2, -0.15) is 0 Å². The summed E-state index contributed by atoms with van der Waals surface area (Å²) < 4.78 is 10.3. The summed E-state index contributed by atoms with van der Waals surface area (Å²) in [5.74, 6) is -0.0980. The number of aromatic nitrogens is 1. The molecule has 1 heterocycles. The molecule has 0 saturated carbocycles. The smallest absolute Gasteiger partial charge is 0.338 e. The molecule has 5 nitrogen and oxygen atoms in total. The third-order valence-electron chi connectivity index (χ3n) is 2.50. The maximum atomic E-state index is 11.0. The number of rotatable bonds is 3. The molecule has 0 radical (unpaired) electrons. The lowest BCUT2D eigenvalue weighted by Gasteiger charge is -2.09. The quantitative estimate of drug-likeness (QED) is 0.866. The first-order chi connectivity index (χ1) is 8.56. The summed E-state index contributed by atoms with van der Waals surface area (Å²) in [5, 5.41) is 9.51. The lowest BCUT2D eigenvalue weighted by molar-refractivity contribution is 0.0697. The Kier molecular flexibility index (Phi) is 3.25. The van der Waals surface area contributed by atoms with Crippen LogP contribution in [-0.4, -0.2) is 30.3 Å². The van der Waals surface area contributed by atoms with Crippen molar-refractivity contribution in [2.45, 2.75) is 0 Å². The van der Waals surface area contributed by atoms with Crippen molar-refractivity contribution in [2.75, 3.05) is 14.2 Å². The second-order valence-corrected chi connectivity index (χ2v) is 3.89. The Balaban J connectivity index is 2.79. The van der Waals surface area contributed by atoms with Crippen LogP contribution in [0.3, 0.4) is 0 Å². The van der Waals surface area contributed by atoms with Crippen LogP contribution in [0.25, 0.3) is 10.9 Å². The van der Waals surface area contributed by atoms with Crippen molar-refractivity contribution in [1.82, 2.24) is 4.98 Å². The van der Waals surface area contributed by atoms with E-state index >= 15 is 0 Å². The molecule has 0 bridgehead atoms. The van der Waals surface area contributed by atoms with Crippen molar-refractivity contribution in [3.8, 4) is 11.5 Å². The van der Waals surface area contributed by atoms with Gasteiger partial charge in [0.25, 0.3) is 0 Å². The summed E-state index contributed by atoms with van der Waals surface area (Å²) in [7, 11) is 3.01. The predicted octanol–water partition coefficient (Wildman–Crippen LogP) is 2.60. The number of benzene rings is 1. The Morgan fingerprint density at radius 2 is 2.00 bits per heavy atom. The number of fused-ring (bicyclic) bond motifs is 1. The van der Waals surface area contributed by atoms with E-state index in [4.69, 9.17) is 26.2 Å². The number of methoxy groups -OCH3 is 2. The van der Waals surface area contributed by atoms with E-state index in [-0.39, 0.29) is 10.7 Å². The largest absolute Gasteiger partial charge is 0.497 e. The van der Waals surface area contributed by atoms with Gasteiger partial charge in [-0.05, 0) is 12.1 Å². The van der Waals surface area contributed by atoms with Crippen molar-refractivity contribution < 1.29 is 19.4 Å². The topological polar surface area (TPSA) is 68.7 Å². The summed E-state index contributed by atoms with van der Waals surface area (Å²) in [6.45, 7) is 0. The zero-order valence-corrected chi connectivity index (χ0v) is 10.5. The molecule has 0 spiro atoms. The maximum absolute atomic E-state index is 11.0. The number of carbonyl (C=O) groups is 1. The highest BCUT2D eigenvalue weighted by atomic mass is 35.5. The summed E-state index contributed by atoms with van der Waals surface area (Å²) in [4.78, 5) is 15.0. The molecule has 18 heavy (non-hydrogen) atoms. The molecule has 0 aliphatic carbocycles. The molecule has 0 unspecified atom stereocenters. The van der Waals surface area contributed by atoms with Gasteiger partial charge in [0.05, 0.1) is 19.8 Å². The molecule has 1 N–H and O–H groups in total. The fraction of sp³-hybridized carbons (Fsp3) is 0.167.